The second-order valence-corrected chi connectivity index (χ2v) is 7.59. The van der Waals surface area contributed by atoms with Crippen molar-refractivity contribution in [1.29, 1.82) is 0 Å². The third-order valence-corrected chi connectivity index (χ3v) is 5.41. The number of hydrogen-bond acceptors (Lipinski definition) is 1. The largest absolute Gasteiger partial charge is 0.355 e. The maximum absolute atomic E-state index is 4.22. The van der Waals surface area contributed by atoms with Crippen LogP contribution in [-0.2, 0) is 0 Å². The van der Waals surface area contributed by atoms with E-state index < -0.39 is 0 Å². The van der Waals surface area contributed by atoms with E-state index in [4.69, 9.17) is 0 Å². The van der Waals surface area contributed by atoms with Crippen LogP contribution in [0.5, 0.6) is 0 Å². The van der Waals surface area contributed by atoms with Gasteiger partial charge in [-0.05, 0) is 46.9 Å². The van der Waals surface area contributed by atoms with Gasteiger partial charge in [0.25, 0.3) is 0 Å². The smallest absolute Gasteiger partial charge is 0.0470 e. The van der Waals surface area contributed by atoms with E-state index in [9.17, 15) is 0 Å². The molecule has 0 spiro atoms. The normalized spacial score (nSPS) is 11.5. The summed E-state index contributed by atoms with van der Waals surface area (Å²) in [4.78, 5) is 0. The Morgan fingerprint density at radius 1 is 0.656 bits per heavy atom. The Hall–Kier alpha value is -4.10. The van der Waals surface area contributed by atoms with Crippen molar-refractivity contribution in [2.24, 2.45) is 0 Å². The molecular formula is C31H27N. The molecular weight excluding hydrogens is 386 g/mol. The molecule has 156 valence electrons. The van der Waals surface area contributed by atoms with E-state index in [1.807, 2.05) is 37.3 Å². The molecule has 0 aliphatic heterocycles. The molecule has 4 aromatic carbocycles. The minimum absolute atomic E-state index is 0.980. The molecule has 32 heavy (non-hydrogen) atoms. The molecule has 1 nitrogen and oxygen atoms in total. The molecule has 4 rings (SSSR count). The van der Waals surface area contributed by atoms with E-state index in [1.54, 1.807) is 0 Å². The molecule has 0 radical (unpaired) electrons. The average Bonchev–Trinajstić information content (AvgIpc) is 2.87. The molecule has 0 saturated heterocycles. The maximum atomic E-state index is 4.22. The summed E-state index contributed by atoms with van der Waals surface area (Å²) >= 11 is 0. The first-order valence-electron chi connectivity index (χ1n) is 10.9. The lowest BCUT2D eigenvalue weighted by molar-refractivity contribution is 1.44. The second-order valence-electron chi connectivity index (χ2n) is 7.59. The second kappa shape index (κ2) is 10.3. The van der Waals surface area contributed by atoms with Crippen LogP contribution in [0.3, 0.4) is 0 Å². The van der Waals surface area contributed by atoms with E-state index >= 15 is 0 Å². The zero-order valence-electron chi connectivity index (χ0n) is 18.3. The minimum atomic E-state index is 0.980. The van der Waals surface area contributed by atoms with Crippen LogP contribution in [0.25, 0.3) is 27.8 Å². The lowest BCUT2D eigenvalue weighted by Crippen LogP contribution is -1.99. The number of hydrogen-bond donors (Lipinski definition) is 1. The predicted octanol–water partition coefficient (Wildman–Crippen LogP) is 8.61. The topological polar surface area (TPSA) is 12.0 Å². The summed E-state index contributed by atoms with van der Waals surface area (Å²) in [6.45, 7) is 6.26. The lowest BCUT2D eigenvalue weighted by Gasteiger charge is -2.15. The summed E-state index contributed by atoms with van der Waals surface area (Å²) in [5, 5.41) is 3.65. The molecule has 0 amide bonds. The van der Waals surface area contributed by atoms with Gasteiger partial charge in [0.05, 0.1) is 0 Å². The summed E-state index contributed by atoms with van der Waals surface area (Å²) in [5.41, 5.74) is 8.92. The third kappa shape index (κ3) is 5.14. The molecule has 0 aliphatic rings. The van der Waals surface area contributed by atoms with Crippen LogP contribution in [0.2, 0.25) is 0 Å². The highest BCUT2D eigenvalue weighted by molar-refractivity contribution is 5.84. The van der Waals surface area contributed by atoms with Crippen molar-refractivity contribution in [3.05, 3.63) is 145 Å². The summed E-state index contributed by atoms with van der Waals surface area (Å²) < 4.78 is 0. The van der Waals surface area contributed by atoms with Gasteiger partial charge in [-0.2, -0.15) is 0 Å². The number of benzene rings is 4. The van der Waals surface area contributed by atoms with Gasteiger partial charge in [-0.3, -0.25) is 0 Å². The van der Waals surface area contributed by atoms with Crippen LogP contribution in [0.1, 0.15) is 12.5 Å². The molecule has 1 heteroatoms. The van der Waals surface area contributed by atoms with Crippen LogP contribution in [0.4, 0.5) is 5.69 Å². The van der Waals surface area contributed by atoms with Gasteiger partial charge in [-0.1, -0.05) is 122 Å². The number of nitrogens with one attached hydrogen (secondary N) is 1. The highest BCUT2D eigenvalue weighted by Crippen LogP contribution is 2.33. The van der Waals surface area contributed by atoms with Crippen molar-refractivity contribution in [3.8, 4) is 22.3 Å². The standard InChI is InChI=1S/C31H27N/c1-3-29(21-19-24(2)25-13-7-4-8-14-25)32-31-23-28(26-15-9-5-10-16-26)20-22-30(31)27-17-11-6-12-18-27/h3-23,32H,2H2,1H3/b21-19-,29-3+. The van der Waals surface area contributed by atoms with Gasteiger partial charge in [0, 0.05) is 16.9 Å². The molecule has 4 aromatic rings. The molecule has 0 bridgehead atoms. The molecule has 0 atom stereocenters. The van der Waals surface area contributed by atoms with Crippen LogP contribution in [-0.4, -0.2) is 0 Å². The van der Waals surface area contributed by atoms with E-state index in [2.05, 4.69) is 109 Å². The van der Waals surface area contributed by atoms with E-state index in [-0.39, 0.29) is 0 Å². The Labute approximate surface area is 191 Å². The van der Waals surface area contributed by atoms with Crippen molar-refractivity contribution < 1.29 is 0 Å². The number of allylic oxidation sites excluding steroid dienone is 4. The highest BCUT2D eigenvalue weighted by Gasteiger charge is 2.08. The van der Waals surface area contributed by atoms with Gasteiger partial charge < -0.3 is 5.32 Å². The van der Waals surface area contributed by atoms with Gasteiger partial charge in [0.1, 0.15) is 0 Å². The summed E-state index contributed by atoms with van der Waals surface area (Å²) in [6, 6.07) is 37.8. The molecule has 0 fully saturated rings. The van der Waals surface area contributed by atoms with Gasteiger partial charge in [0.15, 0.2) is 0 Å². The monoisotopic (exact) mass is 413 g/mol. The number of rotatable bonds is 7. The first-order valence-corrected chi connectivity index (χ1v) is 10.9. The lowest BCUT2D eigenvalue weighted by atomic mass is 9.98. The van der Waals surface area contributed by atoms with Crippen LogP contribution < -0.4 is 5.32 Å². The van der Waals surface area contributed by atoms with Gasteiger partial charge >= 0.3 is 0 Å². The van der Waals surface area contributed by atoms with Crippen molar-refractivity contribution in [1.82, 2.24) is 0 Å². The molecule has 0 aromatic heterocycles. The molecule has 0 heterocycles. The summed E-state index contributed by atoms with van der Waals surface area (Å²) in [5.74, 6) is 0. The van der Waals surface area contributed by atoms with Gasteiger partial charge in [-0.15, -0.1) is 0 Å². The molecule has 0 aliphatic carbocycles. The minimum Gasteiger partial charge on any atom is -0.355 e. The van der Waals surface area contributed by atoms with Crippen molar-refractivity contribution in [2.45, 2.75) is 6.92 Å². The first kappa shape index (κ1) is 21.1. The summed E-state index contributed by atoms with van der Waals surface area (Å²) in [7, 11) is 0. The summed E-state index contributed by atoms with van der Waals surface area (Å²) in [6.07, 6.45) is 6.22. The van der Waals surface area contributed by atoms with Gasteiger partial charge in [0.2, 0.25) is 0 Å². The zero-order chi connectivity index (χ0) is 22.2. The average molecular weight is 414 g/mol. The maximum Gasteiger partial charge on any atom is 0.0470 e. The fourth-order valence-corrected chi connectivity index (χ4v) is 3.63. The Morgan fingerprint density at radius 2 is 1.25 bits per heavy atom. The van der Waals surface area contributed by atoms with Crippen molar-refractivity contribution in [2.75, 3.05) is 5.32 Å². The predicted molar refractivity (Wildman–Crippen MR) is 139 cm³/mol. The fourth-order valence-electron chi connectivity index (χ4n) is 3.63. The molecule has 1 N–H and O–H groups in total. The highest BCUT2D eigenvalue weighted by atomic mass is 14.9. The van der Waals surface area contributed by atoms with E-state index in [0.717, 1.165) is 22.5 Å². The SMILES string of the molecule is C=C(/C=C\C(=C/C)Nc1cc(-c2ccccc2)ccc1-c1ccccc1)c1ccccc1. The molecule has 0 saturated carbocycles. The zero-order valence-corrected chi connectivity index (χ0v) is 18.3. The Balaban J connectivity index is 1.67. The van der Waals surface area contributed by atoms with Crippen LogP contribution >= 0.6 is 0 Å². The quantitative estimate of drug-likeness (QED) is 0.299. The fraction of sp³-hybridized carbons (Fsp3) is 0.0323. The van der Waals surface area contributed by atoms with Crippen LogP contribution in [0.15, 0.2) is 140 Å². The van der Waals surface area contributed by atoms with Crippen LogP contribution in [0, 0.1) is 0 Å². The first-order chi connectivity index (χ1) is 15.7. The van der Waals surface area contributed by atoms with E-state index in [1.165, 1.54) is 22.3 Å². The Morgan fingerprint density at radius 3 is 1.88 bits per heavy atom. The van der Waals surface area contributed by atoms with Gasteiger partial charge in [-0.25, -0.2) is 0 Å². The van der Waals surface area contributed by atoms with E-state index in [0.29, 0.717) is 0 Å². The number of anilines is 1. The third-order valence-electron chi connectivity index (χ3n) is 5.41. The van der Waals surface area contributed by atoms with Crippen molar-refractivity contribution >= 4 is 11.3 Å². The van der Waals surface area contributed by atoms with Crippen molar-refractivity contribution in [3.63, 3.8) is 0 Å². The Kier molecular flexibility index (Phi) is 6.79. The Bertz CT molecular complexity index is 1230. The molecule has 0 unspecified atom stereocenters.